The summed E-state index contributed by atoms with van der Waals surface area (Å²) in [5.41, 5.74) is 1.50. The smallest absolute Gasteiger partial charge is 0.352 e. The highest BCUT2D eigenvalue weighted by Crippen LogP contribution is 2.32. The summed E-state index contributed by atoms with van der Waals surface area (Å²) in [6.45, 7) is 0. The summed E-state index contributed by atoms with van der Waals surface area (Å²) in [4.78, 5) is 24.4. The van der Waals surface area contributed by atoms with Gasteiger partial charge in [-0.25, -0.2) is 9.48 Å². The third-order valence-electron chi connectivity index (χ3n) is 4.37. The van der Waals surface area contributed by atoms with Gasteiger partial charge in [-0.1, -0.05) is 54.1 Å². The number of carboxylic acid groups (broad SMARTS) is 1. The van der Waals surface area contributed by atoms with Crippen LogP contribution in [0.3, 0.4) is 0 Å². The van der Waals surface area contributed by atoms with Crippen LogP contribution in [0.1, 0.15) is 22.0 Å². The van der Waals surface area contributed by atoms with Crippen molar-refractivity contribution < 1.29 is 14.7 Å². The van der Waals surface area contributed by atoms with Crippen LogP contribution in [0, 0.1) is 0 Å². The van der Waals surface area contributed by atoms with Gasteiger partial charge in [0.1, 0.15) is 17.1 Å². The van der Waals surface area contributed by atoms with Gasteiger partial charge in [-0.05, 0) is 23.8 Å². The third kappa shape index (κ3) is 3.23. The van der Waals surface area contributed by atoms with Crippen molar-refractivity contribution in [2.24, 2.45) is 0 Å². The van der Waals surface area contributed by atoms with Crippen LogP contribution in [-0.2, 0) is 4.79 Å². The van der Waals surface area contributed by atoms with E-state index in [0.717, 1.165) is 5.56 Å². The lowest BCUT2D eigenvalue weighted by Crippen LogP contribution is -2.25. The molecular weight excluding hydrogens is 380 g/mol. The van der Waals surface area contributed by atoms with E-state index in [1.54, 1.807) is 35.0 Å². The number of hydrogen-bond acceptors (Lipinski definition) is 4. The van der Waals surface area contributed by atoms with Crippen molar-refractivity contribution in [2.75, 3.05) is 10.6 Å². The lowest BCUT2D eigenvalue weighted by Gasteiger charge is -2.24. The number of carbonyl (C=O) groups excluding carboxylic acids is 1. The molecule has 2 heterocycles. The zero-order chi connectivity index (χ0) is 19.7. The van der Waals surface area contributed by atoms with Crippen molar-refractivity contribution >= 4 is 35.0 Å². The number of halogens is 1. The molecule has 0 aliphatic carbocycles. The SMILES string of the molecule is O=C(O)C1=C[C@@H](c2ccccc2)n2ncc(C(=O)Nc3ccccc3Cl)c2N1. The number of rotatable bonds is 4. The Hall–Kier alpha value is -3.58. The number of carbonyl (C=O) groups is 2. The third-order valence-corrected chi connectivity index (χ3v) is 4.70. The van der Waals surface area contributed by atoms with E-state index in [2.05, 4.69) is 15.7 Å². The summed E-state index contributed by atoms with van der Waals surface area (Å²) in [7, 11) is 0. The van der Waals surface area contributed by atoms with E-state index in [4.69, 9.17) is 11.6 Å². The number of anilines is 2. The fourth-order valence-corrected chi connectivity index (χ4v) is 3.21. The number of fused-ring (bicyclic) bond motifs is 1. The van der Waals surface area contributed by atoms with Gasteiger partial charge in [0.15, 0.2) is 0 Å². The zero-order valence-corrected chi connectivity index (χ0v) is 15.2. The summed E-state index contributed by atoms with van der Waals surface area (Å²) >= 11 is 6.10. The van der Waals surface area contributed by atoms with Crippen LogP contribution in [-0.4, -0.2) is 26.8 Å². The Balaban J connectivity index is 1.73. The molecule has 1 aliphatic heterocycles. The van der Waals surface area contributed by atoms with Gasteiger partial charge in [0, 0.05) is 0 Å². The molecule has 7 nitrogen and oxygen atoms in total. The van der Waals surface area contributed by atoms with Gasteiger partial charge in [-0.15, -0.1) is 0 Å². The minimum Gasteiger partial charge on any atom is -0.477 e. The molecule has 0 radical (unpaired) electrons. The normalized spacial score (nSPS) is 15.2. The van der Waals surface area contributed by atoms with Crippen LogP contribution in [0.2, 0.25) is 5.02 Å². The van der Waals surface area contributed by atoms with Crippen LogP contribution in [0.5, 0.6) is 0 Å². The number of nitrogens with one attached hydrogen (secondary N) is 2. The van der Waals surface area contributed by atoms with Gasteiger partial charge in [0.25, 0.3) is 5.91 Å². The van der Waals surface area contributed by atoms with E-state index >= 15 is 0 Å². The Labute approximate surface area is 165 Å². The maximum Gasteiger partial charge on any atom is 0.352 e. The number of allylic oxidation sites excluding steroid dienone is 1. The van der Waals surface area contributed by atoms with Crippen molar-refractivity contribution in [3.63, 3.8) is 0 Å². The number of amides is 1. The number of aliphatic carboxylic acids is 1. The molecule has 3 aromatic rings. The summed E-state index contributed by atoms with van der Waals surface area (Å²) in [6, 6.07) is 15.8. The predicted molar refractivity (Wildman–Crippen MR) is 106 cm³/mol. The number of aromatic nitrogens is 2. The van der Waals surface area contributed by atoms with Gasteiger partial charge >= 0.3 is 5.97 Å². The van der Waals surface area contributed by atoms with Crippen molar-refractivity contribution in [1.29, 1.82) is 0 Å². The van der Waals surface area contributed by atoms with Crippen LogP contribution in [0.25, 0.3) is 0 Å². The van der Waals surface area contributed by atoms with Gasteiger partial charge in [0.05, 0.1) is 22.9 Å². The Kier molecular flexibility index (Phi) is 4.58. The maximum atomic E-state index is 12.8. The molecular formula is C20H15ClN4O3. The lowest BCUT2D eigenvalue weighted by molar-refractivity contribution is -0.132. The number of para-hydroxylation sites is 1. The number of carboxylic acids is 1. The Morgan fingerprint density at radius 1 is 1.11 bits per heavy atom. The molecule has 0 unspecified atom stereocenters. The summed E-state index contributed by atoms with van der Waals surface area (Å²) < 4.78 is 1.59. The largest absolute Gasteiger partial charge is 0.477 e. The molecule has 0 spiro atoms. The van der Waals surface area contributed by atoms with Gasteiger partial charge in [-0.2, -0.15) is 5.10 Å². The van der Waals surface area contributed by atoms with Crippen molar-refractivity contribution in [3.05, 3.63) is 88.7 Å². The standard InChI is InChI=1S/C20H15ClN4O3/c21-14-8-4-5-9-15(14)24-19(26)13-11-22-25-17(12-6-2-1-3-7-12)10-16(20(27)28)23-18(13)25/h1-11,17,23H,(H,24,26)(H,27,28)/t17-/m0/s1. The second kappa shape index (κ2) is 7.21. The molecule has 4 rings (SSSR count). The predicted octanol–water partition coefficient (Wildman–Crippen LogP) is 3.77. The van der Waals surface area contributed by atoms with Gasteiger partial charge < -0.3 is 15.7 Å². The van der Waals surface area contributed by atoms with Crippen molar-refractivity contribution in [1.82, 2.24) is 9.78 Å². The Morgan fingerprint density at radius 3 is 2.54 bits per heavy atom. The van der Waals surface area contributed by atoms with E-state index < -0.39 is 17.9 Å². The minimum atomic E-state index is -1.12. The van der Waals surface area contributed by atoms with Crippen molar-refractivity contribution in [2.45, 2.75) is 6.04 Å². The van der Waals surface area contributed by atoms with E-state index in [9.17, 15) is 14.7 Å². The molecule has 28 heavy (non-hydrogen) atoms. The molecule has 0 saturated heterocycles. The molecule has 1 atom stereocenters. The summed E-state index contributed by atoms with van der Waals surface area (Å²) in [6.07, 6.45) is 2.97. The first-order valence-corrected chi connectivity index (χ1v) is 8.83. The molecule has 140 valence electrons. The van der Waals surface area contributed by atoms with E-state index in [1.807, 2.05) is 30.3 Å². The molecule has 1 aliphatic rings. The van der Waals surface area contributed by atoms with E-state index in [1.165, 1.54) is 6.20 Å². The fourth-order valence-electron chi connectivity index (χ4n) is 3.03. The van der Waals surface area contributed by atoms with E-state index in [0.29, 0.717) is 16.5 Å². The fraction of sp³-hybridized carbons (Fsp3) is 0.0500. The van der Waals surface area contributed by atoms with Gasteiger partial charge in [-0.3, -0.25) is 4.79 Å². The highest BCUT2D eigenvalue weighted by atomic mass is 35.5. The van der Waals surface area contributed by atoms with Gasteiger partial charge in [0.2, 0.25) is 0 Å². The second-order valence-corrected chi connectivity index (χ2v) is 6.56. The average Bonchev–Trinajstić information content (AvgIpc) is 3.14. The molecule has 2 aromatic carbocycles. The zero-order valence-electron chi connectivity index (χ0n) is 14.5. The van der Waals surface area contributed by atoms with Crippen LogP contribution < -0.4 is 10.6 Å². The Bertz CT molecular complexity index is 1090. The molecule has 0 bridgehead atoms. The van der Waals surface area contributed by atoms with Crippen molar-refractivity contribution in [3.8, 4) is 0 Å². The summed E-state index contributed by atoms with van der Waals surface area (Å²) in [5, 5.41) is 19.7. The summed E-state index contributed by atoms with van der Waals surface area (Å²) in [5.74, 6) is -1.26. The number of benzene rings is 2. The minimum absolute atomic E-state index is 0.0198. The Morgan fingerprint density at radius 2 is 1.82 bits per heavy atom. The first kappa shape index (κ1) is 17.8. The lowest BCUT2D eigenvalue weighted by atomic mass is 10.0. The first-order valence-electron chi connectivity index (χ1n) is 8.45. The van der Waals surface area contributed by atoms with E-state index in [-0.39, 0.29) is 11.3 Å². The monoisotopic (exact) mass is 394 g/mol. The maximum absolute atomic E-state index is 12.8. The average molecular weight is 395 g/mol. The highest BCUT2D eigenvalue weighted by molar-refractivity contribution is 6.34. The molecule has 8 heteroatoms. The molecule has 1 aromatic heterocycles. The molecule has 1 amide bonds. The topological polar surface area (TPSA) is 96.2 Å². The quantitative estimate of drug-likeness (QED) is 0.626. The number of nitrogens with zero attached hydrogens (tertiary/aromatic N) is 2. The first-order chi connectivity index (χ1) is 13.5. The molecule has 0 fully saturated rings. The van der Waals surface area contributed by atoms with Crippen LogP contribution in [0.15, 0.2) is 72.6 Å². The number of hydrogen-bond donors (Lipinski definition) is 3. The second-order valence-electron chi connectivity index (χ2n) is 6.15. The van der Waals surface area contributed by atoms with Crippen LogP contribution >= 0.6 is 11.6 Å². The molecule has 0 saturated carbocycles. The van der Waals surface area contributed by atoms with Crippen LogP contribution in [0.4, 0.5) is 11.5 Å². The highest BCUT2D eigenvalue weighted by Gasteiger charge is 2.29. The molecule has 3 N–H and O–H groups in total.